The summed E-state index contributed by atoms with van der Waals surface area (Å²) in [7, 11) is 0. The van der Waals surface area contributed by atoms with Crippen molar-refractivity contribution in [1.29, 1.82) is 0 Å². The topological polar surface area (TPSA) is 171 Å². The Kier molecular flexibility index (Phi) is 23.2. The highest BCUT2D eigenvalue weighted by Crippen LogP contribution is 2.39. The molecular weight excluding hydrogens is 1280 g/mol. The van der Waals surface area contributed by atoms with E-state index in [4.69, 9.17) is 14.6 Å². The molecule has 3 aromatic carbocycles. The van der Waals surface area contributed by atoms with Crippen LogP contribution >= 0.6 is 95.6 Å². The van der Waals surface area contributed by atoms with Crippen molar-refractivity contribution < 1.29 is 48.5 Å². The summed E-state index contributed by atoms with van der Waals surface area (Å²) in [5.74, 6) is -3.20. The Bertz CT molecular complexity index is 2550. The summed E-state index contributed by atoms with van der Waals surface area (Å²) in [5, 5.41) is 18.9. The predicted octanol–water partition coefficient (Wildman–Crippen LogP) is 12.8. The third-order valence-electron chi connectivity index (χ3n) is 10.2. The Balaban J connectivity index is 0.000000227. The summed E-state index contributed by atoms with van der Waals surface area (Å²) in [6.07, 6.45) is 6.22. The molecule has 19 heteroatoms. The van der Waals surface area contributed by atoms with E-state index in [1.165, 1.54) is 11.8 Å². The van der Waals surface area contributed by atoms with E-state index in [0.717, 1.165) is 24.2 Å². The third kappa shape index (κ3) is 15.6. The molecule has 3 amide bonds. The monoisotopic (exact) mass is 1320 g/mol. The average molecular weight is 1330 g/mol. The number of nitrogens with zero attached hydrogens (tertiary/aromatic N) is 3. The molecule has 3 aromatic rings. The number of aliphatic carboxylic acids is 1. The van der Waals surface area contributed by atoms with E-state index in [-0.39, 0.29) is 17.7 Å². The zero-order valence-electron chi connectivity index (χ0n) is 37.8. The van der Waals surface area contributed by atoms with Crippen LogP contribution in [-0.4, -0.2) is 64.2 Å². The van der Waals surface area contributed by atoms with E-state index in [2.05, 4.69) is 95.6 Å². The maximum Gasteiger partial charge on any atom is 0.317 e. The Morgan fingerprint density at radius 1 is 0.522 bits per heavy atom. The van der Waals surface area contributed by atoms with Gasteiger partial charge in [0.15, 0.2) is 0 Å². The number of carboxylic acid groups (broad SMARTS) is 1. The number of anilines is 3. The van der Waals surface area contributed by atoms with Crippen LogP contribution in [0.15, 0.2) is 153 Å². The Hall–Kier alpha value is -4.24. The number of carbonyl (C=O) groups is 6. The lowest BCUT2D eigenvalue weighted by molar-refractivity contribution is -0.154. The van der Waals surface area contributed by atoms with Gasteiger partial charge < -0.3 is 19.7 Å². The van der Waals surface area contributed by atoms with E-state index < -0.39 is 42.6 Å². The highest BCUT2D eigenvalue weighted by molar-refractivity contribution is 9.29. The van der Waals surface area contributed by atoms with E-state index >= 15 is 0 Å². The van der Waals surface area contributed by atoms with Gasteiger partial charge in [-0.3, -0.25) is 43.5 Å². The third-order valence-corrected chi connectivity index (χ3v) is 12.6. The number of allylic oxidation sites excluding steroid dienone is 3. The van der Waals surface area contributed by atoms with Crippen LogP contribution < -0.4 is 14.7 Å². The number of amides is 3. The fourth-order valence-electron chi connectivity index (χ4n) is 7.19. The Morgan fingerprint density at radius 3 is 1.14 bits per heavy atom. The van der Waals surface area contributed by atoms with Crippen molar-refractivity contribution in [2.24, 2.45) is 0 Å². The van der Waals surface area contributed by atoms with Gasteiger partial charge in [0, 0.05) is 29.6 Å². The number of aliphatic hydroxyl groups is 1. The normalized spacial score (nSPS) is 15.5. The summed E-state index contributed by atoms with van der Waals surface area (Å²) in [6, 6.07) is 27.8. The number of ether oxygens (including phenoxy) is 2. The first kappa shape index (κ1) is 57.3. The molecule has 13 nitrogen and oxygen atoms in total. The molecule has 69 heavy (non-hydrogen) atoms. The van der Waals surface area contributed by atoms with Gasteiger partial charge in [-0.15, -0.1) is 0 Å². The van der Waals surface area contributed by atoms with Gasteiger partial charge in [-0.25, -0.2) is 0 Å². The molecule has 0 radical (unpaired) electrons. The van der Waals surface area contributed by atoms with Crippen molar-refractivity contribution in [3.8, 4) is 0 Å². The summed E-state index contributed by atoms with van der Waals surface area (Å²) in [4.78, 5) is 77.0. The summed E-state index contributed by atoms with van der Waals surface area (Å²) < 4.78 is 12.5. The van der Waals surface area contributed by atoms with Crippen LogP contribution in [0.4, 0.5) is 17.1 Å². The molecule has 0 saturated carbocycles. The SMILES string of the molecule is CCCC(O)C1=CC(=C(Br)Br)N(c2ccccc2)C1=O.CCCC(OC(=O)CC(=O)O)C1=CC(=C(Br)Br)N(c2ccccc2)C1=O.CCCC(OC(C)=O)C1=CC(=C(Br)Br)N(c2ccccc2)C1=O. The molecule has 3 unspecified atom stereocenters. The lowest BCUT2D eigenvalue weighted by Gasteiger charge is -2.21. The second-order valence-electron chi connectivity index (χ2n) is 15.2. The molecule has 0 aliphatic carbocycles. The molecule has 3 heterocycles. The maximum atomic E-state index is 13.0. The number of carboxylic acids is 1. The van der Waals surface area contributed by atoms with Crippen LogP contribution in [0.25, 0.3) is 0 Å². The second kappa shape index (κ2) is 28.0. The van der Waals surface area contributed by atoms with Crippen LogP contribution in [0, 0.1) is 0 Å². The first-order valence-corrected chi connectivity index (χ1v) is 26.4. The zero-order valence-corrected chi connectivity index (χ0v) is 47.4. The largest absolute Gasteiger partial charge is 0.481 e. The molecule has 0 bridgehead atoms. The van der Waals surface area contributed by atoms with Gasteiger partial charge in [-0.05, 0) is 169 Å². The zero-order chi connectivity index (χ0) is 50.9. The smallest absolute Gasteiger partial charge is 0.317 e. The van der Waals surface area contributed by atoms with E-state index in [1.54, 1.807) is 40.2 Å². The van der Waals surface area contributed by atoms with Crippen LogP contribution in [0.5, 0.6) is 0 Å². The molecule has 0 spiro atoms. The maximum absolute atomic E-state index is 13.0. The van der Waals surface area contributed by atoms with Crippen molar-refractivity contribution in [2.45, 2.75) is 91.0 Å². The molecule has 6 rings (SSSR count). The minimum Gasteiger partial charge on any atom is -0.481 e. The van der Waals surface area contributed by atoms with Crippen LogP contribution in [-0.2, 0) is 38.2 Å². The molecule has 0 saturated heterocycles. The number of esters is 2. The second-order valence-corrected chi connectivity index (χ2v) is 23.1. The molecular formula is C50H49Br6N3O10. The fourth-order valence-corrected chi connectivity index (χ4v) is 8.94. The number of aliphatic hydroxyl groups excluding tert-OH is 1. The van der Waals surface area contributed by atoms with Gasteiger partial charge in [-0.1, -0.05) is 94.6 Å². The van der Waals surface area contributed by atoms with Crippen molar-refractivity contribution >= 4 is 148 Å². The van der Waals surface area contributed by atoms with Crippen molar-refractivity contribution in [1.82, 2.24) is 0 Å². The van der Waals surface area contributed by atoms with Gasteiger partial charge >= 0.3 is 17.9 Å². The van der Waals surface area contributed by atoms with Gasteiger partial charge in [-0.2, -0.15) is 0 Å². The number of para-hydroxylation sites is 3. The molecule has 3 atom stereocenters. The highest BCUT2D eigenvalue weighted by atomic mass is 79.9. The molecule has 0 fully saturated rings. The van der Waals surface area contributed by atoms with Gasteiger partial charge in [0.1, 0.15) is 18.6 Å². The molecule has 3 aliphatic heterocycles. The van der Waals surface area contributed by atoms with Crippen LogP contribution in [0.1, 0.15) is 72.6 Å². The summed E-state index contributed by atoms with van der Waals surface area (Å²) in [6.45, 7) is 7.22. The lowest BCUT2D eigenvalue weighted by atomic mass is 10.1. The van der Waals surface area contributed by atoms with E-state index in [1.807, 2.05) is 99.6 Å². The number of carbonyl (C=O) groups excluding carboxylic acids is 5. The standard InChI is InChI=1S/C18H17Br2NO5.C17H17Br2NO3.C15H15Br2NO2/c1-2-6-14(26-16(24)10-15(22)23)12-9-13(17(19)20)21(18(12)25)11-7-4-3-5-8-11;1-3-7-15(23-11(2)21)13-10-14(16(18)19)20(17(13)22)12-8-5-4-6-9-12;1-2-6-13(19)11-9-12(14(16)17)18(15(11)20)10-7-4-3-5-8-10/h3-5,7-9,14H,2,6,10H2,1H3,(H,22,23);4-6,8-10,15H,3,7H2,1-2H3;3-5,7-9,13,19H,2,6H2,1H3. The highest BCUT2D eigenvalue weighted by Gasteiger charge is 2.38. The number of halogens is 6. The quantitative estimate of drug-likeness (QED) is 0.104. The summed E-state index contributed by atoms with van der Waals surface area (Å²) in [5.41, 5.74) is 5.39. The molecule has 366 valence electrons. The van der Waals surface area contributed by atoms with Crippen LogP contribution in [0.2, 0.25) is 0 Å². The van der Waals surface area contributed by atoms with Crippen molar-refractivity contribution in [3.05, 3.63) is 153 Å². The summed E-state index contributed by atoms with van der Waals surface area (Å²) >= 11 is 20.2. The predicted molar refractivity (Wildman–Crippen MR) is 289 cm³/mol. The van der Waals surface area contributed by atoms with E-state index in [0.29, 0.717) is 75.4 Å². The first-order chi connectivity index (χ1) is 32.9. The minimum atomic E-state index is -1.27. The van der Waals surface area contributed by atoms with Gasteiger partial charge in [0.2, 0.25) is 0 Å². The molecule has 3 aliphatic rings. The minimum absolute atomic E-state index is 0.177. The van der Waals surface area contributed by atoms with E-state index in [9.17, 15) is 33.9 Å². The Morgan fingerprint density at radius 2 is 0.841 bits per heavy atom. The number of hydrogen-bond acceptors (Lipinski definition) is 9. The van der Waals surface area contributed by atoms with Gasteiger partial charge in [0.05, 0.1) is 44.5 Å². The molecule has 0 aromatic heterocycles. The average Bonchev–Trinajstić information content (AvgIpc) is 3.97. The molecule has 2 N–H and O–H groups in total. The number of hydrogen-bond donors (Lipinski definition) is 2. The Labute approximate surface area is 451 Å². The van der Waals surface area contributed by atoms with Crippen molar-refractivity contribution in [2.75, 3.05) is 14.7 Å². The first-order valence-electron chi connectivity index (χ1n) is 21.6. The fraction of sp³-hybridized carbons (Fsp3) is 0.280. The van der Waals surface area contributed by atoms with Crippen molar-refractivity contribution in [3.63, 3.8) is 0 Å². The number of rotatable bonds is 16. The number of benzene rings is 3. The van der Waals surface area contributed by atoms with Crippen LogP contribution in [0.3, 0.4) is 0 Å². The lowest BCUT2D eigenvalue weighted by Crippen LogP contribution is -2.31. The van der Waals surface area contributed by atoms with Gasteiger partial charge in [0.25, 0.3) is 17.7 Å².